The second kappa shape index (κ2) is 7.47. The fourth-order valence-corrected chi connectivity index (χ4v) is 3.24. The zero-order chi connectivity index (χ0) is 15.4. The number of hydrogen-bond acceptors (Lipinski definition) is 2. The second-order valence-corrected chi connectivity index (χ2v) is 6.70. The van der Waals surface area contributed by atoms with E-state index in [0.29, 0.717) is 33.1 Å². The molecule has 0 fully saturated rings. The van der Waals surface area contributed by atoms with Crippen LogP contribution in [0.15, 0.2) is 40.9 Å². The SMILES string of the molecule is CCOc1c(Br)cc(Cl)cc1NC(=O)c1cccc(I)c1. The molecule has 21 heavy (non-hydrogen) atoms. The smallest absolute Gasteiger partial charge is 0.255 e. The van der Waals surface area contributed by atoms with E-state index in [1.807, 2.05) is 25.1 Å². The molecule has 0 radical (unpaired) electrons. The first-order chi connectivity index (χ1) is 10.0. The minimum absolute atomic E-state index is 0.205. The first-order valence-corrected chi connectivity index (χ1v) is 8.45. The maximum Gasteiger partial charge on any atom is 0.255 e. The van der Waals surface area contributed by atoms with Gasteiger partial charge < -0.3 is 10.1 Å². The van der Waals surface area contributed by atoms with E-state index >= 15 is 0 Å². The normalized spacial score (nSPS) is 10.3. The monoisotopic (exact) mass is 479 g/mol. The molecule has 0 saturated heterocycles. The summed E-state index contributed by atoms with van der Waals surface area (Å²) < 4.78 is 7.26. The topological polar surface area (TPSA) is 38.3 Å². The van der Waals surface area contributed by atoms with E-state index in [2.05, 4.69) is 43.8 Å². The minimum atomic E-state index is -0.205. The minimum Gasteiger partial charge on any atom is -0.491 e. The van der Waals surface area contributed by atoms with Gasteiger partial charge in [0, 0.05) is 14.2 Å². The molecule has 2 rings (SSSR count). The summed E-state index contributed by atoms with van der Waals surface area (Å²) in [6.45, 7) is 2.37. The highest BCUT2D eigenvalue weighted by Crippen LogP contribution is 2.36. The average molecular weight is 481 g/mol. The van der Waals surface area contributed by atoms with E-state index in [9.17, 15) is 4.79 Å². The molecule has 0 aliphatic carbocycles. The number of anilines is 1. The van der Waals surface area contributed by atoms with Gasteiger partial charge in [-0.15, -0.1) is 0 Å². The van der Waals surface area contributed by atoms with Crippen LogP contribution in [0, 0.1) is 3.57 Å². The number of halogens is 3. The van der Waals surface area contributed by atoms with Crippen molar-refractivity contribution in [1.29, 1.82) is 0 Å². The lowest BCUT2D eigenvalue weighted by Gasteiger charge is -2.14. The number of hydrogen-bond donors (Lipinski definition) is 1. The lowest BCUT2D eigenvalue weighted by Crippen LogP contribution is -2.13. The predicted octanol–water partition coefficient (Wildman–Crippen LogP) is 5.36. The highest BCUT2D eigenvalue weighted by molar-refractivity contribution is 14.1. The molecule has 0 aliphatic rings. The quantitative estimate of drug-likeness (QED) is 0.599. The predicted molar refractivity (Wildman–Crippen MR) is 97.4 cm³/mol. The first kappa shape index (κ1) is 16.6. The third-order valence-corrected chi connectivity index (χ3v) is 4.11. The van der Waals surface area contributed by atoms with Gasteiger partial charge in [-0.2, -0.15) is 0 Å². The first-order valence-electron chi connectivity index (χ1n) is 6.20. The van der Waals surface area contributed by atoms with E-state index in [1.54, 1.807) is 18.2 Å². The Morgan fingerprint density at radius 1 is 1.38 bits per heavy atom. The number of ether oxygens (including phenoxy) is 1. The van der Waals surface area contributed by atoms with Crippen LogP contribution in [0.3, 0.4) is 0 Å². The highest BCUT2D eigenvalue weighted by Gasteiger charge is 2.14. The van der Waals surface area contributed by atoms with Crippen LogP contribution >= 0.6 is 50.1 Å². The van der Waals surface area contributed by atoms with E-state index < -0.39 is 0 Å². The van der Waals surface area contributed by atoms with Crippen molar-refractivity contribution in [3.05, 3.63) is 55.0 Å². The van der Waals surface area contributed by atoms with Crippen LogP contribution in [-0.4, -0.2) is 12.5 Å². The van der Waals surface area contributed by atoms with Gasteiger partial charge in [0.05, 0.1) is 16.8 Å². The molecule has 0 saturated carbocycles. The van der Waals surface area contributed by atoms with Crippen molar-refractivity contribution in [3.63, 3.8) is 0 Å². The van der Waals surface area contributed by atoms with Crippen LogP contribution in [0.25, 0.3) is 0 Å². The van der Waals surface area contributed by atoms with Crippen molar-refractivity contribution in [2.75, 3.05) is 11.9 Å². The summed E-state index contributed by atoms with van der Waals surface area (Å²) >= 11 is 11.6. The molecule has 0 bridgehead atoms. The van der Waals surface area contributed by atoms with Crippen molar-refractivity contribution in [1.82, 2.24) is 0 Å². The number of carbonyl (C=O) groups is 1. The Morgan fingerprint density at radius 3 is 2.81 bits per heavy atom. The third-order valence-electron chi connectivity index (χ3n) is 2.63. The van der Waals surface area contributed by atoms with E-state index in [4.69, 9.17) is 16.3 Å². The Labute approximate surface area is 150 Å². The van der Waals surface area contributed by atoms with Crippen LogP contribution in [0.2, 0.25) is 5.02 Å². The number of nitrogens with one attached hydrogen (secondary N) is 1. The summed E-state index contributed by atoms with van der Waals surface area (Å²) in [4.78, 5) is 12.3. The largest absolute Gasteiger partial charge is 0.491 e. The van der Waals surface area contributed by atoms with Crippen LogP contribution in [0.1, 0.15) is 17.3 Å². The van der Waals surface area contributed by atoms with Gasteiger partial charge in [0.1, 0.15) is 0 Å². The van der Waals surface area contributed by atoms with Gasteiger partial charge in [0.25, 0.3) is 5.91 Å². The van der Waals surface area contributed by atoms with Gasteiger partial charge in [-0.1, -0.05) is 17.7 Å². The molecule has 0 aliphatic heterocycles. The summed E-state index contributed by atoms with van der Waals surface area (Å²) in [5.41, 5.74) is 1.13. The Hall–Kier alpha value is -0.790. The fourth-order valence-electron chi connectivity index (χ4n) is 1.77. The molecule has 0 aromatic heterocycles. The molecule has 2 aromatic rings. The Bertz CT molecular complexity index is 679. The summed E-state index contributed by atoms with van der Waals surface area (Å²) in [5, 5.41) is 3.36. The molecule has 0 unspecified atom stereocenters. The summed E-state index contributed by atoms with van der Waals surface area (Å²) in [6.07, 6.45) is 0. The van der Waals surface area contributed by atoms with Crippen molar-refractivity contribution >= 4 is 61.7 Å². The van der Waals surface area contributed by atoms with Gasteiger partial charge in [0.15, 0.2) is 5.75 Å². The van der Waals surface area contributed by atoms with Crippen molar-refractivity contribution in [3.8, 4) is 5.75 Å². The number of amides is 1. The van der Waals surface area contributed by atoms with E-state index in [1.165, 1.54) is 0 Å². The summed E-state index contributed by atoms with van der Waals surface area (Å²) in [5.74, 6) is 0.365. The number of benzene rings is 2. The van der Waals surface area contributed by atoms with Crippen LogP contribution in [0.4, 0.5) is 5.69 Å². The Kier molecular flexibility index (Phi) is 5.89. The van der Waals surface area contributed by atoms with Gasteiger partial charge in [-0.25, -0.2) is 0 Å². The molecule has 1 N–H and O–H groups in total. The van der Waals surface area contributed by atoms with Crippen LogP contribution < -0.4 is 10.1 Å². The standard InChI is InChI=1S/C15H12BrClINO2/c1-2-21-14-12(16)7-10(17)8-13(14)19-15(20)9-4-3-5-11(18)6-9/h3-8H,2H2,1H3,(H,19,20). The lowest BCUT2D eigenvalue weighted by atomic mass is 10.2. The van der Waals surface area contributed by atoms with Crippen molar-refractivity contribution < 1.29 is 9.53 Å². The summed E-state index contributed by atoms with van der Waals surface area (Å²) in [6, 6.07) is 10.7. The maximum absolute atomic E-state index is 12.3. The van der Waals surface area contributed by atoms with Crippen molar-refractivity contribution in [2.24, 2.45) is 0 Å². The molecule has 0 spiro atoms. The Morgan fingerprint density at radius 2 is 2.14 bits per heavy atom. The third kappa shape index (κ3) is 4.34. The maximum atomic E-state index is 12.3. The fraction of sp³-hybridized carbons (Fsp3) is 0.133. The number of carbonyl (C=O) groups excluding carboxylic acids is 1. The molecule has 0 heterocycles. The molecule has 6 heteroatoms. The van der Waals surface area contributed by atoms with Gasteiger partial charge in [0.2, 0.25) is 0 Å². The van der Waals surface area contributed by atoms with E-state index in [0.717, 1.165) is 3.57 Å². The summed E-state index contributed by atoms with van der Waals surface area (Å²) in [7, 11) is 0. The van der Waals surface area contributed by atoms with E-state index in [-0.39, 0.29) is 5.91 Å². The number of rotatable bonds is 4. The van der Waals surface area contributed by atoms with Gasteiger partial charge >= 0.3 is 0 Å². The van der Waals surface area contributed by atoms with Crippen LogP contribution in [0.5, 0.6) is 5.75 Å². The average Bonchev–Trinajstić information content (AvgIpc) is 2.42. The molecule has 3 nitrogen and oxygen atoms in total. The highest BCUT2D eigenvalue weighted by atomic mass is 127. The van der Waals surface area contributed by atoms with Crippen molar-refractivity contribution in [2.45, 2.75) is 6.92 Å². The van der Waals surface area contributed by atoms with Crippen LogP contribution in [-0.2, 0) is 0 Å². The lowest BCUT2D eigenvalue weighted by molar-refractivity contribution is 0.102. The zero-order valence-electron chi connectivity index (χ0n) is 11.1. The van der Waals surface area contributed by atoms with Gasteiger partial charge in [-0.3, -0.25) is 4.79 Å². The molecular weight excluding hydrogens is 468 g/mol. The zero-order valence-corrected chi connectivity index (χ0v) is 15.6. The molecular formula is C15H12BrClINO2. The molecule has 1 amide bonds. The molecule has 110 valence electrons. The molecule has 0 atom stereocenters. The molecule has 2 aromatic carbocycles. The van der Waals surface area contributed by atoms with Gasteiger partial charge in [-0.05, 0) is 75.8 Å². The Balaban J connectivity index is 2.32. The second-order valence-electron chi connectivity index (χ2n) is 4.16.